The van der Waals surface area contributed by atoms with Crippen molar-refractivity contribution < 1.29 is 9.59 Å². The van der Waals surface area contributed by atoms with Crippen LogP contribution in [0.2, 0.25) is 0 Å². The van der Waals surface area contributed by atoms with E-state index >= 15 is 0 Å². The Hall–Kier alpha value is -4.64. The molecule has 5 nitrogen and oxygen atoms in total. The second-order valence-corrected chi connectivity index (χ2v) is 8.78. The summed E-state index contributed by atoms with van der Waals surface area (Å²) < 4.78 is 2.19. The van der Waals surface area contributed by atoms with Gasteiger partial charge in [0.05, 0.1) is 6.54 Å². The lowest BCUT2D eigenvalue weighted by Crippen LogP contribution is -2.30. The number of imide groups is 1. The van der Waals surface area contributed by atoms with Crippen molar-refractivity contribution in [2.45, 2.75) is 13.1 Å². The number of nitrogens with one attached hydrogen (secondary N) is 1. The number of benzene rings is 4. The molecule has 5 aromatic rings. The summed E-state index contributed by atoms with van der Waals surface area (Å²) in [7, 11) is 0. The molecule has 0 saturated carbocycles. The molecule has 5 heteroatoms. The molecule has 170 valence electrons. The smallest absolute Gasteiger partial charge is 0.329 e. The fourth-order valence-corrected chi connectivity index (χ4v) is 4.69. The molecule has 1 aliphatic heterocycles. The van der Waals surface area contributed by atoms with E-state index in [2.05, 4.69) is 52.3 Å². The first-order valence-electron chi connectivity index (χ1n) is 11.6. The van der Waals surface area contributed by atoms with Crippen LogP contribution < -0.4 is 5.32 Å². The number of carbonyl (C=O) groups excluding carboxylic acids is 2. The highest BCUT2D eigenvalue weighted by Crippen LogP contribution is 2.26. The Labute approximate surface area is 202 Å². The van der Waals surface area contributed by atoms with Gasteiger partial charge < -0.3 is 9.88 Å². The van der Waals surface area contributed by atoms with E-state index in [0.29, 0.717) is 12.2 Å². The number of nitrogens with zero attached hydrogens (tertiary/aromatic N) is 2. The largest absolute Gasteiger partial charge is 0.342 e. The van der Waals surface area contributed by atoms with E-state index in [1.165, 1.54) is 21.2 Å². The Morgan fingerprint density at radius 1 is 0.714 bits per heavy atom. The van der Waals surface area contributed by atoms with Crippen LogP contribution in [0.25, 0.3) is 27.8 Å². The van der Waals surface area contributed by atoms with Crippen molar-refractivity contribution in [2.75, 3.05) is 0 Å². The molecular formula is C30H23N3O2. The maximum atomic E-state index is 13.1. The van der Waals surface area contributed by atoms with E-state index < -0.39 is 6.03 Å². The van der Waals surface area contributed by atoms with Gasteiger partial charge >= 0.3 is 6.03 Å². The number of rotatable bonds is 5. The van der Waals surface area contributed by atoms with Gasteiger partial charge in [0.25, 0.3) is 5.91 Å². The van der Waals surface area contributed by atoms with Crippen LogP contribution >= 0.6 is 0 Å². The van der Waals surface area contributed by atoms with Gasteiger partial charge in [0.2, 0.25) is 0 Å². The van der Waals surface area contributed by atoms with Gasteiger partial charge in [-0.25, -0.2) is 4.79 Å². The number of aromatic nitrogens is 1. The first-order chi connectivity index (χ1) is 17.2. The molecule has 6 rings (SSSR count). The van der Waals surface area contributed by atoms with Crippen molar-refractivity contribution in [2.24, 2.45) is 0 Å². The minimum atomic E-state index is -0.398. The van der Waals surface area contributed by atoms with Gasteiger partial charge in [-0.05, 0) is 40.1 Å². The molecule has 1 N–H and O–H groups in total. The third-order valence-corrected chi connectivity index (χ3v) is 6.43. The number of carbonyl (C=O) groups is 2. The van der Waals surface area contributed by atoms with Gasteiger partial charge in [-0.3, -0.25) is 9.69 Å². The van der Waals surface area contributed by atoms with E-state index in [0.717, 1.165) is 22.0 Å². The molecule has 1 saturated heterocycles. The Kier molecular flexibility index (Phi) is 5.15. The Bertz CT molecular complexity index is 1620. The summed E-state index contributed by atoms with van der Waals surface area (Å²) >= 11 is 0. The predicted molar refractivity (Wildman–Crippen MR) is 138 cm³/mol. The Balaban J connectivity index is 1.33. The number of hydrogen-bond donors (Lipinski definition) is 1. The number of amides is 3. The number of hydrogen-bond acceptors (Lipinski definition) is 2. The molecular weight excluding hydrogens is 434 g/mol. The molecule has 3 amide bonds. The molecule has 1 aliphatic rings. The summed E-state index contributed by atoms with van der Waals surface area (Å²) in [6.45, 7) is 0.946. The van der Waals surface area contributed by atoms with Crippen molar-refractivity contribution >= 4 is 39.7 Å². The molecule has 0 radical (unpaired) electrons. The molecule has 0 spiro atoms. The molecule has 35 heavy (non-hydrogen) atoms. The average molecular weight is 458 g/mol. The topological polar surface area (TPSA) is 54.3 Å². The third-order valence-electron chi connectivity index (χ3n) is 6.43. The summed E-state index contributed by atoms with van der Waals surface area (Å²) in [4.78, 5) is 26.9. The molecule has 1 fully saturated rings. The van der Waals surface area contributed by atoms with Crippen LogP contribution in [0.3, 0.4) is 0 Å². The van der Waals surface area contributed by atoms with E-state index in [1.54, 1.807) is 6.08 Å². The van der Waals surface area contributed by atoms with Crippen LogP contribution in [0, 0.1) is 0 Å². The number of para-hydroxylation sites is 1. The van der Waals surface area contributed by atoms with Crippen LogP contribution in [-0.4, -0.2) is 21.4 Å². The summed E-state index contributed by atoms with van der Waals surface area (Å²) in [5.41, 5.74) is 4.36. The van der Waals surface area contributed by atoms with E-state index in [-0.39, 0.29) is 12.5 Å². The van der Waals surface area contributed by atoms with E-state index in [1.807, 2.05) is 60.8 Å². The quantitative estimate of drug-likeness (QED) is 0.262. The first-order valence-corrected chi connectivity index (χ1v) is 11.6. The SMILES string of the molecule is O=C1N/C(=C/c2cn(Cc3ccc4ccccc4c3)c3ccccc23)C(=O)N1Cc1ccccc1. The summed E-state index contributed by atoms with van der Waals surface area (Å²) in [6, 6.07) is 32.1. The molecule has 0 bridgehead atoms. The van der Waals surface area contributed by atoms with Crippen molar-refractivity contribution in [3.8, 4) is 0 Å². The lowest BCUT2D eigenvalue weighted by atomic mass is 10.1. The monoisotopic (exact) mass is 457 g/mol. The van der Waals surface area contributed by atoms with E-state index in [9.17, 15) is 9.59 Å². The fraction of sp³-hybridized carbons (Fsp3) is 0.0667. The lowest BCUT2D eigenvalue weighted by Gasteiger charge is -2.11. The summed E-state index contributed by atoms with van der Waals surface area (Å²) in [5.74, 6) is -0.315. The Morgan fingerprint density at radius 3 is 2.31 bits per heavy atom. The highest BCUT2D eigenvalue weighted by molar-refractivity contribution is 6.14. The van der Waals surface area contributed by atoms with Gasteiger partial charge in [0.1, 0.15) is 5.70 Å². The fourth-order valence-electron chi connectivity index (χ4n) is 4.69. The maximum absolute atomic E-state index is 13.1. The van der Waals surface area contributed by atoms with Crippen molar-refractivity contribution in [3.63, 3.8) is 0 Å². The van der Waals surface area contributed by atoms with Gasteiger partial charge in [0, 0.05) is 29.2 Å². The van der Waals surface area contributed by atoms with Crippen molar-refractivity contribution in [3.05, 3.63) is 126 Å². The summed E-state index contributed by atoms with van der Waals surface area (Å²) in [6.07, 6.45) is 3.83. The van der Waals surface area contributed by atoms with Gasteiger partial charge in [-0.15, -0.1) is 0 Å². The van der Waals surface area contributed by atoms with Gasteiger partial charge in [-0.1, -0.05) is 84.9 Å². The second-order valence-electron chi connectivity index (χ2n) is 8.78. The van der Waals surface area contributed by atoms with Crippen LogP contribution in [0.1, 0.15) is 16.7 Å². The van der Waals surface area contributed by atoms with Crippen LogP contribution in [0.15, 0.2) is 109 Å². The molecule has 0 unspecified atom stereocenters. The first kappa shape index (κ1) is 20.9. The zero-order valence-corrected chi connectivity index (χ0v) is 19.0. The maximum Gasteiger partial charge on any atom is 0.329 e. The second kappa shape index (κ2) is 8.61. The van der Waals surface area contributed by atoms with Crippen LogP contribution in [0.4, 0.5) is 4.79 Å². The molecule has 1 aromatic heterocycles. The lowest BCUT2D eigenvalue weighted by molar-refractivity contribution is -0.123. The van der Waals surface area contributed by atoms with Crippen LogP contribution in [-0.2, 0) is 17.9 Å². The molecule has 2 heterocycles. The standard InChI is InChI=1S/C30H23N3O2/c34-29-27(31-30(35)33(29)19-21-8-2-1-3-9-21)17-25-20-32(28-13-7-6-12-26(25)28)18-22-14-15-23-10-4-5-11-24(23)16-22/h1-17,20H,18-19H2,(H,31,35)/b27-17+. The predicted octanol–water partition coefficient (Wildman–Crippen LogP) is 5.94. The zero-order chi connectivity index (χ0) is 23.8. The number of fused-ring (bicyclic) bond motifs is 2. The normalized spacial score (nSPS) is 14.9. The van der Waals surface area contributed by atoms with Gasteiger partial charge in [0.15, 0.2) is 0 Å². The van der Waals surface area contributed by atoms with Crippen molar-refractivity contribution in [1.29, 1.82) is 0 Å². The highest BCUT2D eigenvalue weighted by atomic mass is 16.2. The minimum Gasteiger partial charge on any atom is -0.342 e. The zero-order valence-electron chi connectivity index (χ0n) is 19.0. The summed E-state index contributed by atoms with van der Waals surface area (Å²) in [5, 5.41) is 6.21. The number of urea groups is 1. The molecule has 0 aliphatic carbocycles. The van der Waals surface area contributed by atoms with Crippen molar-refractivity contribution in [1.82, 2.24) is 14.8 Å². The molecule has 4 aromatic carbocycles. The minimum absolute atomic E-state index is 0.243. The molecule has 0 atom stereocenters. The third kappa shape index (κ3) is 3.97. The highest BCUT2D eigenvalue weighted by Gasteiger charge is 2.33. The van der Waals surface area contributed by atoms with E-state index in [4.69, 9.17) is 0 Å². The van der Waals surface area contributed by atoms with Gasteiger partial charge in [-0.2, -0.15) is 0 Å². The Morgan fingerprint density at radius 2 is 1.46 bits per heavy atom. The van der Waals surface area contributed by atoms with Crippen LogP contribution in [0.5, 0.6) is 0 Å². The average Bonchev–Trinajstić information content (AvgIpc) is 3.36.